The number of carbonyl (C=O) groups is 1. The van der Waals surface area contributed by atoms with Crippen LogP contribution >= 0.6 is 12.2 Å². The first-order chi connectivity index (χ1) is 12.2. The summed E-state index contributed by atoms with van der Waals surface area (Å²) in [5.41, 5.74) is 6.39. The van der Waals surface area contributed by atoms with Gasteiger partial charge < -0.3 is 19.5 Å². The number of rotatable bonds is 4. The van der Waals surface area contributed by atoms with Crippen LogP contribution in [-0.4, -0.2) is 24.4 Å². The zero-order chi connectivity index (χ0) is 17.6. The smallest absolute Gasteiger partial charge is 0.269 e. The Morgan fingerprint density at radius 1 is 1.12 bits per heavy atom. The third-order valence-corrected chi connectivity index (χ3v) is 3.55. The quantitative estimate of drug-likeness (QED) is 0.571. The van der Waals surface area contributed by atoms with Crippen molar-refractivity contribution in [1.29, 1.82) is 0 Å². The highest BCUT2D eigenvalue weighted by atomic mass is 32.1. The lowest BCUT2D eigenvalue weighted by Gasteiger charge is -2.12. The van der Waals surface area contributed by atoms with Gasteiger partial charge in [-0.05, 0) is 61.6 Å². The summed E-state index contributed by atoms with van der Waals surface area (Å²) in [5.74, 6) is 1.61. The van der Waals surface area contributed by atoms with Gasteiger partial charge in [0.05, 0.1) is 6.61 Å². The normalized spacial score (nSPS) is 11.6. The maximum atomic E-state index is 12.1. The van der Waals surface area contributed by atoms with E-state index in [1.807, 2.05) is 31.2 Å². The molecule has 3 rings (SSSR count). The molecule has 3 N–H and O–H groups in total. The van der Waals surface area contributed by atoms with Gasteiger partial charge in [0, 0.05) is 11.3 Å². The average molecular weight is 359 g/mol. The molecule has 0 fully saturated rings. The number of carbonyl (C=O) groups excluding carboxylic acids is 1. The van der Waals surface area contributed by atoms with Gasteiger partial charge in [0.2, 0.25) is 6.79 Å². The Hall–Kier alpha value is -3.00. The molecule has 0 unspecified atom stereocenters. The second kappa shape index (κ2) is 7.71. The van der Waals surface area contributed by atoms with Crippen molar-refractivity contribution in [2.45, 2.75) is 6.92 Å². The molecule has 7 nitrogen and oxygen atoms in total. The van der Waals surface area contributed by atoms with E-state index in [0.717, 1.165) is 11.4 Å². The Morgan fingerprint density at radius 2 is 1.88 bits per heavy atom. The molecule has 2 aromatic rings. The fraction of sp³-hybridized carbons (Fsp3) is 0.176. The van der Waals surface area contributed by atoms with Crippen LogP contribution < -0.4 is 30.4 Å². The van der Waals surface area contributed by atoms with Crippen LogP contribution in [0, 0.1) is 0 Å². The zero-order valence-corrected chi connectivity index (χ0v) is 14.3. The van der Waals surface area contributed by atoms with Crippen molar-refractivity contribution in [1.82, 2.24) is 10.9 Å². The number of ether oxygens (including phenoxy) is 3. The highest BCUT2D eigenvalue weighted by Gasteiger charge is 2.16. The van der Waals surface area contributed by atoms with Crippen molar-refractivity contribution in [2.75, 3.05) is 18.7 Å². The third kappa shape index (κ3) is 4.30. The van der Waals surface area contributed by atoms with Crippen molar-refractivity contribution in [3.8, 4) is 17.2 Å². The Bertz CT molecular complexity index is 780. The van der Waals surface area contributed by atoms with Crippen LogP contribution in [0.4, 0.5) is 5.69 Å². The van der Waals surface area contributed by atoms with Gasteiger partial charge in [-0.3, -0.25) is 15.6 Å². The highest BCUT2D eigenvalue weighted by molar-refractivity contribution is 7.80. The maximum absolute atomic E-state index is 12.1. The van der Waals surface area contributed by atoms with Gasteiger partial charge in [-0.1, -0.05) is 0 Å². The molecule has 0 atom stereocenters. The molecule has 1 heterocycles. The van der Waals surface area contributed by atoms with E-state index in [0.29, 0.717) is 23.7 Å². The van der Waals surface area contributed by atoms with E-state index >= 15 is 0 Å². The Morgan fingerprint density at radius 3 is 2.64 bits per heavy atom. The molecular weight excluding hydrogens is 342 g/mol. The molecule has 1 aliphatic heterocycles. The summed E-state index contributed by atoms with van der Waals surface area (Å²) in [5, 5.41) is 3.23. The van der Waals surface area contributed by atoms with E-state index in [4.69, 9.17) is 26.4 Å². The lowest BCUT2D eigenvalue weighted by atomic mass is 10.2. The number of thiocarbonyl (C=S) groups is 1. The molecule has 1 amide bonds. The van der Waals surface area contributed by atoms with E-state index in [2.05, 4.69) is 16.2 Å². The summed E-state index contributed by atoms with van der Waals surface area (Å²) >= 11 is 5.15. The average Bonchev–Trinajstić information content (AvgIpc) is 3.09. The van der Waals surface area contributed by atoms with Crippen molar-refractivity contribution < 1.29 is 19.0 Å². The minimum absolute atomic E-state index is 0.161. The lowest BCUT2D eigenvalue weighted by Crippen LogP contribution is -2.43. The molecule has 8 heteroatoms. The number of hydrazine groups is 1. The molecule has 0 spiro atoms. The van der Waals surface area contributed by atoms with Crippen LogP contribution in [0.15, 0.2) is 42.5 Å². The molecule has 0 bridgehead atoms. The van der Waals surface area contributed by atoms with E-state index < -0.39 is 0 Å². The number of hydrogen-bond acceptors (Lipinski definition) is 5. The van der Waals surface area contributed by atoms with Crippen molar-refractivity contribution >= 4 is 28.9 Å². The molecular formula is C17H17N3O4S. The first kappa shape index (κ1) is 16.8. The number of nitrogens with one attached hydrogen (secondary N) is 3. The number of fused-ring (bicyclic) bond motifs is 1. The second-order valence-corrected chi connectivity index (χ2v) is 5.47. The minimum Gasteiger partial charge on any atom is -0.494 e. The van der Waals surface area contributed by atoms with Gasteiger partial charge in [-0.15, -0.1) is 0 Å². The molecule has 0 aromatic heterocycles. The number of benzene rings is 2. The van der Waals surface area contributed by atoms with E-state index in [-0.39, 0.29) is 17.8 Å². The summed E-state index contributed by atoms with van der Waals surface area (Å²) in [6.45, 7) is 2.70. The third-order valence-electron chi connectivity index (χ3n) is 3.35. The fourth-order valence-corrected chi connectivity index (χ4v) is 2.36. The Kier molecular flexibility index (Phi) is 5.20. The van der Waals surface area contributed by atoms with Crippen LogP contribution in [-0.2, 0) is 0 Å². The lowest BCUT2D eigenvalue weighted by molar-refractivity contribution is 0.0943. The fourth-order valence-electron chi connectivity index (χ4n) is 2.19. The molecule has 0 saturated heterocycles. The molecule has 0 radical (unpaired) electrons. The SMILES string of the molecule is CCOc1ccc(NC(=S)NNC(=O)c2ccc3c(c2)OCO3)cc1. The first-order valence-electron chi connectivity index (χ1n) is 7.65. The standard InChI is InChI=1S/C17H17N3O4S/c1-2-22-13-6-4-12(5-7-13)18-17(25)20-19-16(21)11-3-8-14-15(9-11)24-10-23-14/h3-9H,2,10H2,1H3,(H,19,21)(H2,18,20,25). The van der Waals surface area contributed by atoms with Crippen LogP contribution in [0.25, 0.3) is 0 Å². The Labute approximate surface area is 150 Å². The summed E-state index contributed by atoms with van der Waals surface area (Å²) in [6.07, 6.45) is 0. The second-order valence-electron chi connectivity index (χ2n) is 5.06. The topological polar surface area (TPSA) is 80.9 Å². The van der Waals surface area contributed by atoms with Crippen LogP contribution in [0.2, 0.25) is 0 Å². The summed E-state index contributed by atoms with van der Waals surface area (Å²) < 4.78 is 15.8. The largest absolute Gasteiger partial charge is 0.494 e. The van der Waals surface area contributed by atoms with Gasteiger partial charge in [-0.2, -0.15) is 0 Å². The van der Waals surface area contributed by atoms with Gasteiger partial charge >= 0.3 is 0 Å². The molecule has 2 aromatic carbocycles. The molecule has 130 valence electrons. The van der Waals surface area contributed by atoms with Crippen LogP contribution in [0.3, 0.4) is 0 Å². The van der Waals surface area contributed by atoms with Gasteiger partial charge in [0.25, 0.3) is 5.91 Å². The summed E-state index contributed by atoms with van der Waals surface area (Å²) in [6, 6.07) is 12.3. The number of amides is 1. The van der Waals surface area contributed by atoms with Gasteiger partial charge in [0.15, 0.2) is 16.6 Å². The predicted molar refractivity (Wildman–Crippen MR) is 97.0 cm³/mol. The highest BCUT2D eigenvalue weighted by Crippen LogP contribution is 2.32. The monoisotopic (exact) mass is 359 g/mol. The van der Waals surface area contributed by atoms with Crippen molar-refractivity contribution in [2.24, 2.45) is 0 Å². The van der Waals surface area contributed by atoms with Gasteiger partial charge in [0.1, 0.15) is 5.75 Å². The van der Waals surface area contributed by atoms with E-state index in [9.17, 15) is 4.79 Å². The summed E-state index contributed by atoms with van der Waals surface area (Å²) in [4.78, 5) is 12.1. The van der Waals surface area contributed by atoms with Crippen LogP contribution in [0.1, 0.15) is 17.3 Å². The minimum atomic E-state index is -0.339. The molecule has 0 saturated carbocycles. The van der Waals surface area contributed by atoms with Crippen molar-refractivity contribution in [3.63, 3.8) is 0 Å². The first-order valence-corrected chi connectivity index (χ1v) is 8.06. The van der Waals surface area contributed by atoms with Crippen LogP contribution in [0.5, 0.6) is 17.2 Å². The maximum Gasteiger partial charge on any atom is 0.269 e. The number of hydrogen-bond donors (Lipinski definition) is 3. The van der Waals surface area contributed by atoms with Crippen molar-refractivity contribution in [3.05, 3.63) is 48.0 Å². The van der Waals surface area contributed by atoms with Gasteiger partial charge in [-0.25, -0.2) is 0 Å². The van der Waals surface area contributed by atoms with E-state index in [1.54, 1.807) is 18.2 Å². The zero-order valence-electron chi connectivity index (χ0n) is 13.5. The van der Waals surface area contributed by atoms with E-state index in [1.165, 1.54) is 0 Å². The molecule has 25 heavy (non-hydrogen) atoms. The molecule has 0 aliphatic carbocycles. The Balaban J connectivity index is 1.50. The molecule has 1 aliphatic rings. The predicted octanol–water partition coefficient (Wildman–Crippen LogP) is 2.45. The summed E-state index contributed by atoms with van der Waals surface area (Å²) in [7, 11) is 0. The number of anilines is 1.